The van der Waals surface area contributed by atoms with Gasteiger partial charge in [-0.1, -0.05) is 17.7 Å². The Morgan fingerprint density at radius 3 is 2.50 bits per heavy atom. The summed E-state index contributed by atoms with van der Waals surface area (Å²) in [5, 5.41) is 10.9. The van der Waals surface area contributed by atoms with Crippen molar-refractivity contribution in [2.75, 3.05) is 20.2 Å². The number of ether oxygens (including phenoxy) is 1. The molecule has 0 radical (unpaired) electrons. The smallest absolute Gasteiger partial charge is 0.122 e. The third-order valence-electron chi connectivity index (χ3n) is 4.41. The second-order valence-corrected chi connectivity index (χ2v) is 6.35. The molecule has 0 aliphatic carbocycles. The second kappa shape index (κ2) is 6.15. The van der Waals surface area contributed by atoms with E-state index >= 15 is 0 Å². The fraction of sp³-hybridized carbons (Fsp3) is 0.647. The van der Waals surface area contributed by atoms with E-state index in [9.17, 15) is 5.11 Å². The van der Waals surface area contributed by atoms with Crippen molar-refractivity contribution in [2.45, 2.75) is 51.7 Å². The zero-order chi connectivity index (χ0) is 14.8. The summed E-state index contributed by atoms with van der Waals surface area (Å²) >= 11 is 0. The highest BCUT2D eigenvalue weighted by atomic mass is 16.5. The first-order chi connectivity index (χ1) is 9.43. The van der Waals surface area contributed by atoms with E-state index in [1.54, 1.807) is 7.11 Å². The molecule has 3 nitrogen and oxygen atoms in total. The largest absolute Gasteiger partial charge is 0.496 e. The van der Waals surface area contributed by atoms with Crippen LogP contribution in [0.5, 0.6) is 5.75 Å². The SMILES string of the molecule is COc1ccc(C)cc1CC1(O)CCN(C(C)C)CC1. The number of aliphatic hydroxyl groups is 1. The second-order valence-electron chi connectivity index (χ2n) is 6.35. The van der Waals surface area contributed by atoms with Gasteiger partial charge in [0.25, 0.3) is 0 Å². The number of hydrogen-bond acceptors (Lipinski definition) is 3. The van der Waals surface area contributed by atoms with Crippen LogP contribution in [0.25, 0.3) is 0 Å². The molecule has 0 saturated carbocycles. The van der Waals surface area contributed by atoms with Crippen molar-refractivity contribution < 1.29 is 9.84 Å². The minimum Gasteiger partial charge on any atom is -0.496 e. The van der Waals surface area contributed by atoms with Crippen LogP contribution < -0.4 is 4.74 Å². The van der Waals surface area contributed by atoms with Gasteiger partial charge in [-0.3, -0.25) is 0 Å². The average Bonchev–Trinajstić information content (AvgIpc) is 2.39. The lowest BCUT2D eigenvalue weighted by atomic mass is 9.84. The normalized spacial score (nSPS) is 19.3. The monoisotopic (exact) mass is 277 g/mol. The van der Waals surface area contributed by atoms with Gasteiger partial charge in [0.1, 0.15) is 5.75 Å². The van der Waals surface area contributed by atoms with E-state index in [2.05, 4.69) is 31.7 Å². The Bertz CT molecular complexity index is 448. The summed E-state index contributed by atoms with van der Waals surface area (Å²) in [6, 6.07) is 6.74. The maximum Gasteiger partial charge on any atom is 0.122 e. The predicted octanol–water partition coefficient (Wildman–Crippen LogP) is 2.78. The Labute approximate surface area is 122 Å². The Morgan fingerprint density at radius 2 is 1.95 bits per heavy atom. The van der Waals surface area contributed by atoms with E-state index in [0.29, 0.717) is 12.5 Å². The Morgan fingerprint density at radius 1 is 1.30 bits per heavy atom. The van der Waals surface area contributed by atoms with Crippen LogP contribution in [0.2, 0.25) is 0 Å². The quantitative estimate of drug-likeness (QED) is 0.918. The average molecular weight is 277 g/mol. The zero-order valence-electron chi connectivity index (χ0n) is 13.1. The molecule has 0 atom stereocenters. The fourth-order valence-electron chi connectivity index (χ4n) is 3.03. The molecule has 0 spiro atoms. The maximum atomic E-state index is 10.9. The van der Waals surface area contributed by atoms with Gasteiger partial charge in [-0.25, -0.2) is 0 Å². The standard InChI is InChI=1S/C17H27NO2/c1-13(2)18-9-7-17(19,8-10-18)12-15-11-14(3)5-6-16(15)20-4/h5-6,11,13,19H,7-10,12H2,1-4H3. The van der Waals surface area contributed by atoms with Crippen LogP contribution >= 0.6 is 0 Å². The Kier molecular flexibility index (Phi) is 4.71. The number of aryl methyl sites for hydroxylation is 1. The molecular formula is C17H27NO2. The van der Waals surface area contributed by atoms with Crippen molar-refractivity contribution in [3.05, 3.63) is 29.3 Å². The van der Waals surface area contributed by atoms with Crippen LogP contribution in [-0.4, -0.2) is 41.8 Å². The fourth-order valence-corrected chi connectivity index (χ4v) is 3.03. The van der Waals surface area contributed by atoms with Crippen LogP contribution in [0.15, 0.2) is 18.2 Å². The number of hydrogen-bond donors (Lipinski definition) is 1. The summed E-state index contributed by atoms with van der Waals surface area (Å²) in [5.41, 5.74) is 1.74. The molecular weight excluding hydrogens is 250 g/mol. The van der Waals surface area contributed by atoms with Gasteiger partial charge in [0.15, 0.2) is 0 Å². The molecule has 0 bridgehead atoms. The Balaban J connectivity index is 2.08. The molecule has 1 fully saturated rings. The number of piperidine rings is 1. The molecule has 112 valence electrons. The zero-order valence-corrected chi connectivity index (χ0v) is 13.1. The van der Waals surface area contributed by atoms with Gasteiger partial charge in [0, 0.05) is 25.6 Å². The van der Waals surface area contributed by atoms with Crippen molar-refractivity contribution in [3.63, 3.8) is 0 Å². The number of rotatable bonds is 4. The van der Waals surface area contributed by atoms with Gasteiger partial charge in [-0.2, -0.15) is 0 Å². The molecule has 2 rings (SSSR count). The molecule has 1 saturated heterocycles. The van der Waals surface area contributed by atoms with Crippen LogP contribution in [0.3, 0.4) is 0 Å². The van der Waals surface area contributed by atoms with Gasteiger partial charge in [0.2, 0.25) is 0 Å². The van der Waals surface area contributed by atoms with E-state index in [4.69, 9.17) is 4.74 Å². The van der Waals surface area contributed by atoms with E-state index < -0.39 is 5.60 Å². The van der Waals surface area contributed by atoms with E-state index in [1.807, 2.05) is 12.1 Å². The summed E-state index contributed by atoms with van der Waals surface area (Å²) in [6.07, 6.45) is 2.36. The first-order valence-electron chi connectivity index (χ1n) is 7.53. The highest BCUT2D eigenvalue weighted by Crippen LogP contribution is 2.31. The molecule has 1 aliphatic rings. The summed E-state index contributed by atoms with van der Waals surface area (Å²) in [7, 11) is 1.69. The molecule has 1 aromatic carbocycles. The number of methoxy groups -OCH3 is 1. The summed E-state index contributed by atoms with van der Waals surface area (Å²) in [6.45, 7) is 8.46. The summed E-state index contributed by atoms with van der Waals surface area (Å²) in [4.78, 5) is 2.43. The van der Waals surface area contributed by atoms with Gasteiger partial charge >= 0.3 is 0 Å². The third kappa shape index (κ3) is 3.53. The predicted molar refractivity (Wildman–Crippen MR) is 82.3 cm³/mol. The number of nitrogens with zero attached hydrogens (tertiary/aromatic N) is 1. The minimum atomic E-state index is -0.591. The van der Waals surface area contributed by atoms with Crippen molar-refractivity contribution >= 4 is 0 Å². The number of likely N-dealkylation sites (tertiary alicyclic amines) is 1. The summed E-state index contributed by atoms with van der Waals surface area (Å²) < 4.78 is 5.42. The van der Waals surface area contributed by atoms with Crippen molar-refractivity contribution in [3.8, 4) is 5.75 Å². The lowest BCUT2D eigenvalue weighted by Gasteiger charge is -2.40. The van der Waals surface area contributed by atoms with Crippen LogP contribution in [0, 0.1) is 6.92 Å². The lowest BCUT2D eigenvalue weighted by molar-refractivity contribution is -0.0274. The van der Waals surface area contributed by atoms with Crippen molar-refractivity contribution in [1.29, 1.82) is 0 Å². The molecule has 0 amide bonds. The van der Waals surface area contributed by atoms with Gasteiger partial charge in [0.05, 0.1) is 12.7 Å². The molecule has 1 aromatic rings. The lowest BCUT2D eigenvalue weighted by Crippen LogP contribution is -2.47. The van der Waals surface area contributed by atoms with E-state index in [1.165, 1.54) is 5.56 Å². The van der Waals surface area contributed by atoms with Gasteiger partial charge in [-0.15, -0.1) is 0 Å². The van der Waals surface area contributed by atoms with Crippen molar-refractivity contribution in [1.82, 2.24) is 4.90 Å². The molecule has 0 aromatic heterocycles. The van der Waals surface area contributed by atoms with Gasteiger partial charge < -0.3 is 14.7 Å². The molecule has 1 N–H and O–H groups in total. The van der Waals surface area contributed by atoms with E-state index in [0.717, 1.165) is 37.2 Å². The van der Waals surface area contributed by atoms with Gasteiger partial charge in [-0.05, 0) is 45.2 Å². The molecule has 1 aliphatic heterocycles. The summed E-state index contributed by atoms with van der Waals surface area (Å²) in [5.74, 6) is 0.885. The molecule has 0 unspecified atom stereocenters. The molecule has 1 heterocycles. The van der Waals surface area contributed by atoms with E-state index in [-0.39, 0.29) is 0 Å². The highest BCUT2D eigenvalue weighted by Gasteiger charge is 2.33. The number of benzene rings is 1. The Hall–Kier alpha value is -1.06. The first kappa shape index (κ1) is 15.3. The van der Waals surface area contributed by atoms with Crippen LogP contribution in [0.4, 0.5) is 0 Å². The minimum absolute atomic E-state index is 0.563. The maximum absolute atomic E-state index is 10.9. The third-order valence-corrected chi connectivity index (χ3v) is 4.41. The van der Waals surface area contributed by atoms with Crippen molar-refractivity contribution in [2.24, 2.45) is 0 Å². The van der Waals surface area contributed by atoms with Crippen LogP contribution in [-0.2, 0) is 6.42 Å². The highest BCUT2D eigenvalue weighted by molar-refractivity contribution is 5.38. The first-order valence-corrected chi connectivity index (χ1v) is 7.53. The topological polar surface area (TPSA) is 32.7 Å². The molecule has 20 heavy (non-hydrogen) atoms. The molecule has 3 heteroatoms. The van der Waals surface area contributed by atoms with Crippen LogP contribution in [0.1, 0.15) is 37.8 Å².